The largest absolute Gasteiger partial charge is 0.306 e. The van der Waals surface area contributed by atoms with Crippen molar-refractivity contribution in [3.8, 4) is 0 Å². The summed E-state index contributed by atoms with van der Waals surface area (Å²) in [5.74, 6) is -0.0177. The average Bonchev–Trinajstić information content (AvgIpc) is 2.97. The van der Waals surface area contributed by atoms with Gasteiger partial charge in [-0.05, 0) is 48.4 Å². The Bertz CT molecular complexity index is 978. The molecular formula is C20H20Cl2N2O3S. The lowest BCUT2D eigenvalue weighted by molar-refractivity contribution is -0.123. The number of carbonyl (C=O) groups excluding carboxylic acids is 1. The van der Waals surface area contributed by atoms with Crippen molar-refractivity contribution in [3.63, 3.8) is 0 Å². The van der Waals surface area contributed by atoms with Crippen molar-refractivity contribution in [1.29, 1.82) is 0 Å². The molecule has 0 N–H and O–H groups in total. The van der Waals surface area contributed by atoms with Crippen molar-refractivity contribution in [2.75, 3.05) is 29.5 Å². The lowest BCUT2D eigenvalue weighted by Gasteiger charge is -2.43. The van der Waals surface area contributed by atoms with Crippen molar-refractivity contribution in [2.45, 2.75) is 18.5 Å². The van der Waals surface area contributed by atoms with Crippen molar-refractivity contribution < 1.29 is 13.2 Å². The zero-order valence-electron chi connectivity index (χ0n) is 15.1. The molecular weight excluding hydrogens is 419 g/mol. The highest BCUT2D eigenvalue weighted by molar-refractivity contribution is 7.91. The molecule has 2 aliphatic rings. The summed E-state index contributed by atoms with van der Waals surface area (Å²) in [6.45, 7) is 0.825. The molecule has 1 amide bonds. The van der Waals surface area contributed by atoms with Gasteiger partial charge in [-0.15, -0.1) is 0 Å². The fourth-order valence-corrected chi connectivity index (χ4v) is 6.30. The molecule has 2 fully saturated rings. The molecule has 0 radical (unpaired) electrons. The Morgan fingerprint density at radius 1 is 0.893 bits per heavy atom. The van der Waals surface area contributed by atoms with E-state index in [0.29, 0.717) is 22.3 Å². The summed E-state index contributed by atoms with van der Waals surface area (Å²) in [5.41, 5.74) is 1.80. The van der Waals surface area contributed by atoms with Crippen LogP contribution in [0.1, 0.15) is 5.56 Å². The molecule has 0 aromatic heterocycles. The van der Waals surface area contributed by atoms with Gasteiger partial charge >= 0.3 is 0 Å². The summed E-state index contributed by atoms with van der Waals surface area (Å²) in [6, 6.07) is 14.0. The van der Waals surface area contributed by atoms with Crippen molar-refractivity contribution in [1.82, 2.24) is 4.90 Å². The molecule has 4 rings (SSSR count). The highest BCUT2D eigenvalue weighted by Crippen LogP contribution is 2.32. The number of piperazine rings is 1. The number of anilines is 1. The Morgan fingerprint density at radius 2 is 1.46 bits per heavy atom. The summed E-state index contributed by atoms with van der Waals surface area (Å²) in [5, 5.41) is 1.26. The molecule has 0 bridgehead atoms. The normalized spacial score (nSPS) is 24.4. The van der Waals surface area contributed by atoms with Crippen LogP contribution in [-0.4, -0.2) is 55.9 Å². The van der Waals surface area contributed by atoms with E-state index in [2.05, 4.69) is 0 Å². The van der Waals surface area contributed by atoms with Gasteiger partial charge in [-0.25, -0.2) is 8.42 Å². The number of benzene rings is 2. The first-order valence-corrected chi connectivity index (χ1v) is 11.7. The Labute approximate surface area is 174 Å². The average molecular weight is 439 g/mol. The summed E-state index contributed by atoms with van der Waals surface area (Å²) < 4.78 is 24.8. The molecule has 2 heterocycles. The second-order valence-electron chi connectivity index (χ2n) is 7.30. The van der Waals surface area contributed by atoms with Crippen LogP contribution >= 0.6 is 23.2 Å². The maximum Gasteiger partial charge on any atom is 0.241 e. The van der Waals surface area contributed by atoms with Crippen LogP contribution in [-0.2, 0) is 21.1 Å². The Kier molecular flexibility index (Phi) is 5.40. The fraction of sp³-hybridized carbons (Fsp3) is 0.350. The van der Waals surface area contributed by atoms with E-state index in [0.717, 1.165) is 12.0 Å². The van der Waals surface area contributed by atoms with Gasteiger partial charge in [0.2, 0.25) is 5.91 Å². The molecule has 2 aromatic carbocycles. The van der Waals surface area contributed by atoms with Crippen molar-refractivity contribution in [3.05, 3.63) is 64.1 Å². The molecule has 0 unspecified atom stereocenters. The number of rotatable bonds is 4. The number of carbonyl (C=O) groups is 1. The van der Waals surface area contributed by atoms with Gasteiger partial charge in [0.25, 0.3) is 0 Å². The number of hydrogen-bond acceptors (Lipinski definition) is 4. The zero-order valence-corrected chi connectivity index (χ0v) is 17.4. The van der Waals surface area contributed by atoms with Gasteiger partial charge in [0, 0.05) is 28.3 Å². The first-order valence-electron chi connectivity index (χ1n) is 9.09. The van der Waals surface area contributed by atoms with Crippen LogP contribution < -0.4 is 4.90 Å². The first-order chi connectivity index (χ1) is 13.3. The minimum atomic E-state index is -3.20. The second kappa shape index (κ2) is 7.67. The lowest BCUT2D eigenvalue weighted by atomic mass is 10.0. The Balaban J connectivity index is 1.57. The third-order valence-electron chi connectivity index (χ3n) is 5.41. The molecule has 2 aromatic rings. The predicted octanol–water partition coefficient (Wildman–Crippen LogP) is 3.05. The maximum atomic E-state index is 12.9. The minimum absolute atomic E-state index is 0.0104. The van der Waals surface area contributed by atoms with E-state index in [1.807, 2.05) is 29.2 Å². The van der Waals surface area contributed by atoms with Crippen LogP contribution in [0.4, 0.5) is 5.69 Å². The molecule has 0 spiro atoms. The summed E-state index contributed by atoms with van der Waals surface area (Å²) in [4.78, 5) is 16.6. The quantitative estimate of drug-likeness (QED) is 0.735. The molecule has 2 atom stereocenters. The van der Waals surface area contributed by atoms with E-state index in [1.54, 1.807) is 29.2 Å². The molecule has 8 heteroatoms. The number of nitrogens with zero attached hydrogens (tertiary/aromatic N) is 2. The van der Waals surface area contributed by atoms with Crippen LogP contribution in [0, 0.1) is 0 Å². The lowest BCUT2D eigenvalue weighted by Crippen LogP contribution is -2.62. The molecule has 2 saturated heterocycles. The van der Waals surface area contributed by atoms with Crippen LogP contribution in [0.3, 0.4) is 0 Å². The number of sulfone groups is 1. The van der Waals surface area contributed by atoms with E-state index >= 15 is 0 Å². The van der Waals surface area contributed by atoms with Crippen LogP contribution in [0.5, 0.6) is 0 Å². The van der Waals surface area contributed by atoms with E-state index in [1.165, 1.54) is 0 Å². The van der Waals surface area contributed by atoms with E-state index in [-0.39, 0.29) is 36.0 Å². The van der Waals surface area contributed by atoms with Gasteiger partial charge in [-0.1, -0.05) is 35.3 Å². The number of amides is 1. The summed E-state index contributed by atoms with van der Waals surface area (Å²) in [7, 11) is -3.20. The summed E-state index contributed by atoms with van der Waals surface area (Å²) >= 11 is 11.9. The van der Waals surface area contributed by atoms with Gasteiger partial charge in [-0.3, -0.25) is 9.69 Å². The monoisotopic (exact) mass is 438 g/mol. The van der Waals surface area contributed by atoms with Gasteiger partial charge < -0.3 is 4.90 Å². The second-order valence-corrected chi connectivity index (χ2v) is 10.3. The molecule has 28 heavy (non-hydrogen) atoms. The third kappa shape index (κ3) is 4.06. The number of fused-ring (bicyclic) bond motifs is 1. The zero-order chi connectivity index (χ0) is 19.9. The molecule has 0 saturated carbocycles. The molecule has 5 nitrogen and oxygen atoms in total. The first kappa shape index (κ1) is 19.7. The fourth-order valence-electron chi connectivity index (χ4n) is 4.06. The highest BCUT2D eigenvalue weighted by Gasteiger charge is 2.49. The number of hydrogen-bond donors (Lipinski definition) is 0. The minimum Gasteiger partial charge on any atom is -0.306 e. The Morgan fingerprint density at radius 3 is 2.11 bits per heavy atom. The molecule has 2 aliphatic heterocycles. The van der Waals surface area contributed by atoms with Crippen LogP contribution in [0.25, 0.3) is 0 Å². The van der Waals surface area contributed by atoms with Crippen LogP contribution in [0.2, 0.25) is 10.0 Å². The van der Waals surface area contributed by atoms with Gasteiger partial charge in [0.15, 0.2) is 9.84 Å². The Hall–Kier alpha value is -1.60. The van der Waals surface area contributed by atoms with E-state index in [4.69, 9.17) is 23.2 Å². The predicted molar refractivity (Wildman–Crippen MR) is 112 cm³/mol. The SMILES string of the molecule is O=C1CN(CCc2ccc(Cl)cc2)[C@H]2CS(=O)(=O)C[C@H]2N1c1ccc(Cl)cc1. The molecule has 148 valence electrons. The van der Waals surface area contributed by atoms with Crippen LogP contribution in [0.15, 0.2) is 48.5 Å². The van der Waals surface area contributed by atoms with Gasteiger partial charge in [-0.2, -0.15) is 0 Å². The maximum absolute atomic E-state index is 12.9. The summed E-state index contributed by atoms with van der Waals surface area (Å²) in [6.07, 6.45) is 0.731. The van der Waals surface area contributed by atoms with E-state index < -0.39 is 9.84 Å². The van der Waals surface area contributed by atoms with Gasteiger partial charge in [0.1, 0.15) is 0 Å². The van der Waals surface area contributed by atoms with Crippen molar-refractivity contribution in [2.24, 2.45) is 0 Å². The third-order valence-corrected chi connectivity index (χ3v) is 7.61. The topological polar surface area (TPSA) is 57.7 Å². The smallest absolute Gasteiger partial charge is 0.241 e. The van der Waals surface area contributed by atoms with Gasteiger partial charge in [0.05, 0.1) is 24.1 Å². The highest BCUT2D eigenvalue weighted by atomic mass is 35.5. The number of halogens is 2. The van der Waals surface area contributed by atoms with E-state index in [9.17, 15) is 13.2 Å². The molecule has 0 aliphatic carbocycles. The van der Waals surface area contributed by atoms with Crippen molar-refractivity contribution >= 4 is 44.6 Å². The standard InChI is InChI=1S/C20H20Cl2N2O3S/c21-15-3-1-14(2-4-15)9-10-23-11-20(25)24(17-7-5-16(22)6-8-17)19-13-28(26,27)12-18(19)23/h1-8,18-19H,9-13H2/t18-,19+/m0/s1.